The number of nitrogens with zero attached hydrogens (tertiary/aromatic N) is 3. The lowest BCUT2D eigenvalue weighted by atomic mass is 10.0. The molecule has 1 saturated heterocycles. The Morgan fingerprint density at radius 3 is 2.75 bits per heavy atom. The maximum Gasteiger partial charge on any atom is 0.287 e. The third-order valence-corrected chi connectivity index (χ3v) is 4.44. The third kappa shape index (κ3) is 2.62. The number of anilines is 1. The summed E-state index contributed by atoms with van der Waals surface area (Å²) in [6.45, 7) is 2.02. The lowest BCUT2D eigenvalue weighted by molar-refractivity contribution is -0.385. The molecule has 1 aromatic carbocycles. The predicted octanol–water partition coefficient (Wildman–Crippen LogP) is 3.10. The Labute approximate surface area is 139 Å². The SMILES string of the molecule is O=[N+]([O-])c1ccc(N2CCC[C@H]2c2ccc3c(c2)OCCO3)nc1. The highest BCUT2D eigenvalue weighted by molar-refractivity contribution is 5.50. The smallest absolute Gasteiger partial charge is 0.287 e. The quantitative estimate of drug-likeness (QED) is 0.637. The average molecular weight is 327 g/mol. The second kappa shape index (κ2) is 5.99. The molecule has 2 aromatic rings. The van der Waals surface area contributed by atoms with Crippen LogP contribution in [0, 0.1) is 10.1 Å². The van der Waals surface area contributed by atoms with E-state index in [1.54, 1.807) is 6.07 Å². The van der Waals surface area contributed by atoms with Crippen LogP contribution in [0.1, 0.15) is 24.4 Å². The van der Waals surface area contributed by atoms with Crippen LogP contribution in [0.3, 0.4) is 0 Å². The van der Waals surface area contributed by atoms with Crippen LogP contribution in [0.15, 0.2) is 36.5 Å². The molecule has 1 aromatic heterocycles. The van der Waals surface area contributed by atoms with Crippen molar-refractivity contribution in [1.82, 2.24) is 4.98 Å². The maximum atomic E-state index is 10.8. The average Bonchev–Trinajstić information content (AvgIpc) is 3.11. The van der Waals surface area contributed by atoms with E-state index in [9.17, 15) is 10.1 Å². The fourth-order valence-corrected chi connectivity index (χ4v) is 3.31. The van der Waals surface area contributed by atoms with Crippen molar-refractivity contribution in [2.45, 2.75) is 18.9 Å². The first kappa shape index (κ1) is 14.7. The Morgan fingerprint density at radius 1 is 1.17 bits per heavy atom. The van der Waals surface area contributed by atoms with Crippen molar-refractivity contribution in [3.63, 3.8) is 0 Å². The van der Waals surface area contributed by atoms with Crippen LogP contribution in [0.25, 0.3) is 0 Å². The normalized spacial score (nSPS) is 19.3. The van der Waals surface area contributed by atoms with E-state index < -0.39 is 4.92 Å². The van der Waals surface area contributed by atoms with Gasteiger partial charge in [-0.3, -0.25) is 10.1 Å². The van der Waals surface area contributed by atoms with Gasteiger partial charge < -0.3 is 14.4 Å². The molecule has 0 N–H and O–H groups in total. The number of rotatable bonds is 3. The summed E-state index contributed by atoms with van der Waals surface area (Å²) in [7, 11) is 0. The van der Waals surface area contributed by atoms with Crippen molar-refractivity contribution in [3.05, 3.63) is 52.2 Å². The molecule has 0 saturated carbocycles. The molecule has 1 fully saturated rings. The topological polar surface area (TPSA) is 77.7 Å². The Kier molecular flexibility index (Phi) is 3.68. The molecule has 124 valence electrons. The van der Waals surface area contributed by atoms with Crippen LogP contribution in [0.2, 0.25) is 0 Å². The fourth-order valence-electron chi connectivity index (χ4n) is 3.31. The molecule has 2 aliphatic heterocycles. The molecule has 0 amide bonds. The van der Waals surface area contributed by atoms with E-state index >= 15 is 0 Å². The molecular weight excluding hydrogens is 310 g/mol. The minimum Gasteiger partial charge on any atom is -0.486 e. The lowest BCUT2D eigenvalue weighted by Gasteiger charge is -2.27. The molecular formula is C17H17N3O4. The molecule has 4 rings (SSSR count). The number of fused-ring (bicyclic) bond motifs is 1. The molecule has 7 nitrogen and oxygen atoms in total. The lowest BCUT2D eigenvalue weighted by Crippen LogP contribution is -2.24. The first-order chi connectivity index (χ1) is 11.7. The summed E-state index contributed by atoms with van der Waals surface area (Å²) in [6, 6.07) is 9.44. The van der Waals surface area contributed by atoms with Crippen LogP contribution < -0.4 is 14.4 Å². The van der Waals surface area contributed by atoms with Gasteiger partial charge in [0.1, 0.15) is 25.2 Å². The zero-order valence-electron chi connectivity index (χ0n) is 13.1. The zero-order chi connectivity index (χ0) is 16.5. The molecule has 0 radical (unpaired) electrons. The van der Waals surface area contributed by atoms with Crippen molar-refractivity contribution in [3.8, 4) is 11.5 Å². The number of ether oxygens (including phenoxy) is 2. The van der Waals surface area contributed by atoms with Crippen molar-refractivity contribution >= 4 is 11.5 Å². The van der Waals surface area contributed by atoms with Gasteiger partial charge in [-0.15, -0.1) is 0 Å². The number of hydrogen-bond donors (Lipinski definition) is 0. The second-order valence-electron chi connectivity index (χ2n) is 5.89. The molecule has 0 spiro atoms. The summed E-state index contributed by atoms with van der Waals surface area (Å²) in [5.74, 6) is 2.32. The number of pyridine rings is 1. The Balaban J connectivity index is 1.61. The van der Waals surface area contributed by atoms with Gasteiger partial charge in [0, 0.05) is 12.6 Å². The first-order valence-corrected chi connectivity index (χ1v) is 7.99. The summed E-state index contributed by atoms with van der Waals surface area (Å²) < 4.78 is 11.2. The van der Waals surface area contributed by atoms with E-state index in [4.69, 9.17) is 9.47 Å². The van der Waals surface area contributed by atoms with Crippen LogP contribution in [0.5, 0.6) is 11.5 Å². The van der Waals surface area contributed by atoms with Gasteiger partial charge in [-0.25, -0.2) is 4.98 Å². The van der Waals surface area contributed by atoms with E-state index in [1.165, 1.54) is 12.3 Å². The predicted molar refractivity (Wildman–Crippen MR) is 87.6 cm³/mol. The highest BCUT2D eigenvalue weighted by Gasteiger charge is 2.28. The number of aromatic nitrogens is 1. The third-order valence-electron chi connectivity index (χ3n) is 4.44. The van der Waals surface area contributed by atoms with Crippen LogP contribution in [0.4, 0.5) is 11.5 Å². The summed E-state index contributed by atoms with van der Waals surface area (Å²) in [6.07, 6.45) is 3.38. The number of benzene rings is 1. The second-order valence-corrected chi connectivity index (χ2v) is 5.89. The largest absolute Gasteiger partial charge is 0.486 e. The van der Waals surface area contributed by atoms with Gasteiger partial charge in [-0.1, -0.05) is 6.07 Å². The standard InChI is InChI=1S/C17H17N3O4/c21-20(22)13-4-6-17(18-11-13)19-7-1-2-14(19)12-3-5-15-16(10-12)24-9-8-23-15/h3-6,10-11,14H,1-2,7-9H2/t14-/m0/s1. The molecule has 0 bridgehead atoms. The van der Waals surface area contributed by atoms with Gasteiger partial charge in [0.15, 0.2) is 11.5 Å². The Hall–Kier alpha value is -2.83. The Morgan fingerprint density at radius 2 is 2.00 bits per heavy atom. The molecule has 1 atom stereocenters. The van der Waals surface area contributed by atoms with Gasteiger partial charge in [0.25, 0.3) is 5.69 Å². The minimum atomic E-state index is -0.431. The van der Waals surface area contributed by atoms with Gasteiger partial charge in [0.2, 0.25) is 0 Å². The van der Waals surface area contributed by atoms with Gasteiger partial charge in [-0.2, -0.15) is 0 Å². The highest BCUT2D eigenvalue weighted by atomic mass is 16.6. The van der Waals surface area contributed by atoms with Gasteiger partial charge in [-0.05, 0) is 36.6 Å². The van der Waals surface area contributed by atoms with Crippen LogP contribution in [-0.2, 0) is 0 Å². The van der Waals surface area contributed by atoms with Crippen LogP contribution in [-0.4, -0.2) is 29.7 Å². The maximum absolute atomic E-state index is 10.8. The summed E-state index contributed by atoms with van der Waals surface area (Å²) in [4.78, 5) is 16.8. The first-order valence-electron chi connectivity index (χ1n) is 7.99. The van der Waals surface area contributed by atoms with E-state index in [0.29, 0.717) is 13.2 Å². The summed E-state index contributed by atoms with van der Waals surface area (Å²) in [5, 5.41) is 10.8. The summed E-state index contributed by atoms with van der Waals surface area (Å²) in [5.41, 5.74) is 1.16. The van der Waals surface area contributed by atoms with E-state index in [1.807, 2.05) is 12.1 Å². The van der Waals surface area contributed by atoms with Crippen molar-refractivity contribution in [2.24, 2.45) is 0 Å². The van der Waals surface area contributed by atoms with E-state index in [-0.39, 0.29) is 11.7 Å². The van der Waals surface area contributed by atoms with Gasteiger partial charge >= 0.3 is 0 Å². The number of hydrogen-bond acceptors (Lipinski definition) is 6. The molecule has 0 unspecified atom stereocenters. The van der Waals surface area contributed by atoms with Gasteiger partial charge in [0.05, 0.1) is 11.0 Å². The fraction of sp³-hybridized carbons (Fsp3) is 0.353. The summed E-state index contributed by atoms with van der Waals surface area (Å²) >= 11 is 0. The number of nitro groups is 1. The zero-order valence-corrected chi connectivity index (χ0v) is 13.1. The van der Waals surface area contributed by atoms with Crippen molar-refractivity contribution in [1.29, 1.82) is 0 Å². The minimum absolute atomic E-state index is 0.00817. The van der Waals surface area contributed by atoms with E-state index in [0.717, 1.165) is 42.3 Å². The molecule has 0 aliphatic carbocycles. The molecule has 24 heavy (non-hydrogen) atoms. The van der Waals surface area contributed by atoms with Crippen molar-refractivity contribution in [2.75, 3.05) is 24.7 Å². The van der Waals surface area contributed by atoms with Crippen molar-refractivity contribution < 1.29 is 14.4 Å². The monoisotopic (exact) mass is 327 g/mol. The van der Waals surface area contributed by atoms with E-state index in [2.05, 4.69) is 16.0 Å². The Bertz CT molecular complexity index is 763. The van der Waals surface area contributed by atoms with Crippen LogP contribution >= 0.6 is 0 Å². The molecule has 3 heterocycles. The molecule has 2 aliphatic rings. The molecule has 7 heteroatoms. The highest BCUT2D eigenvalue weighted by Crippen LogP contribution is 2.39.